The minimum atomic E-state index is -0.106. The summed E-state index contributed by atoms with van der Waals surface area (Å²) in [6.07, 6.45) is 1.57. The summed E-state index contributed by atoms with van der Waals surface area (Å²) >= 11 is 1.55. The minimum absolute atomic E-state index is 0.106. The molecule has 2 aromatic rings. The number of fused-ring (bicyclic) bond motifs is 1. The molecule has 0 saturated carbocycles. The molecule has 5 nitrogen and oxygen atoms in total. The van der Waals surface area contributed by atoms with Crippen molar-refractivity contribution in [3.63, 3.8) is 0 Å². The van der Waals surface area contributed by atoms with Crippen molar-refractivity contribution in [3.8, 4) is 0 Å². The van der Waals surface area contributed by atoms with Crippen LogP contribution in [-0.2, 0) is 4.79 Å². The number of aryl methyl sites for hydroxylation is 1. The lowest BCUT2D eigenvalue weighted by molar-refractivity contribution is -0.112. The van der Waals surface area contributed by atoms with E-state index in [9.17, 15) is 4.79 Å². The number of nitrogens with zero attached hydrogens (tertiary/aromatic N) is 4. The highest BCUT2D eigenvalue weighted by Crippen LogP contribution is 2.28. The van der Waals surface area contributed by atoms with Crippen molar-refractivity contribution in [2.45, 2.75) is 13.8 Å². The van der Waals surface area contributed by atoms with E-state index in [1.807, 2.05) is 43.5 Å². The van der Waals surface area contributed by atoms with E-state index < -0.39 is 0 Å². The molecule has 0 spiro atoms. The zero-order valence-electron chi connectivity index (χ0n) is 11.8. The number of para-hydroxylation sites is 1. The number of rotatable bonds is 3. The van der Waals surface area contributed by atoms with Gasteiger partial charge in [0, 0.05) is 17.5 Å². The van der Waals surface area contributed by atoms with Crippen LogP contribution < -0.4 is 4.90 Å². The van der Waals surface area contributed by atoms with Gasteiger partial charge in [-0.2, -0.15) is 5.10 Å². The van der Waals surface area contributed by atoms with Crippen molar-refractivity contribution >= 4 is 34.9 Å². The van der Waals surface area contributed by atoms with E-state index >= 15 is 0 Å². The van der Waals surface area contributed by atoms with Gasteiger partial charge in [0.1, 0.15) is 0 Å². The van der Waals surface area contributed by atoms with Gasteiger partial charge < -0.3 is 4.90 Å². The van der Waals surface area contributed by atoms with Crippen LogP contribution in [0.1, 0.15) is 23.2 Å². The molecule has 0 bridgehead atoms. The second-order valence-corrected chi connectivity index (χ2v) is 5.61. The van der Waals surface area contributed by atoms with E-state index in [4.69, 9.17) is 0 Å². The normalized spacial score (nSPS) is 16.2. The van der Waals surface area contributed by atoms with Crippen molar-refractivity contribution < 1.29 is 4.79 Å². The van der Waals surface area contributed by atoms with E-state index in [0.717, 1.165) is 22.0 Å². The third-order valence-corrected chi connectivity index (χ3v) is 3.99. The largest absolute Gasteiger partial charge is 0.307 e. The molecular formula is C15H14N4OS. The fourth-order valence-corrected chi connectivity index (χ4v) is 2.82. The van der Waals surface area contributed by atoms with Gasteiger partial charge in [-0.25, -0.2) is 4.98 Å². The van der Waals surface area contributed by atoms with Gasteiger partial charge in [-0.3, -0.25) is 4.79 Å². The fraction of sp³-hybridized carbons (Fsp3) is 0.200. The van der Waals surface area contributed by atoms with Gasteiger partial charge in [0.05, 0.1) is 22.6 Å². The molecular weight excluding hydrogens is 284 g/mol. The van der Waals surface area contributed by atoms with Crippen molar-refractivity contribution in [2.75, 3.05) is 11.4 Å². The van der Waals surface area contributed by atoms with Gasteiger partial charge >= 0.3 is 0 Å². The molecule has 2 heterocycles. The average molecular weight is 298 g/mol. The Kier molecular flexibility index (Phi) is 3.62. The van der Waals surface area contributed by atoms with Crippen LogP contribution in [0.5, 0.6) is 0 Å². The summed E-state index contributed by atoms with van der Waals surface area (Å²) in [6, 6.07) is 7.63. The Morgan fingerprint density at radius 3 is 2.90 bits per heavy atom. The molecule has 0 unspecified atom stereocenters. The highest BCUT2D eigenvalue weighted by atomic mass is 32.1. The molecule has 6 heteroatoms. The lowest BCUT2D eigenvalue weighted by atomic mass is 10.1. The number of likely N-dealkylation sites (N-methyl/N-ethyl adjacent to an activating group) is 1. The number of benzene rings is 1. The molecule has 0 N–H and O–H groups in total. The molecule has 0 atom stereocenters. The molecule has 106 valence electrons. The maximum absolute atomic E-state index is 12.3. The molecule has 3 rings (SSSR count). The zero-order chi connectivity index (χ0) is 14.8. The Balaban J connectivity index is 1.93. The second-order valence-electron chi connectivity index (χ2n) is 4.55. The van der Waals surface area contributed by atoms with E-state index in [-0.39, 0.29) is 5.91 Å². The summed E-state index contributed by atoms with van der Waals surface area (Å²) in [4.78, 5) is 18.3. The van der Waals surface area contributed by atoms with Crippen LogP contribution >= 0.6 is 11.3 Å². The predicted molar refractivity (Wildman–Crippen MR) is 85.5 cm³/mol. The summed E-state index contributed by atoms with van der Waals surface area (Å²) in [6.45, 7) is 4.49. The molecule has 21 heavy (non-hydrogen) atoms. The van der Waals surface area contributed by atoms with Crippen LogP contribution in [0, 0.1) is 6.92 Å². The van der Waals surface area contributed by atoms with E-state index in [2.05, 4.69) is 15.2 Å². The number of amides is 1. The van der Waals surface area contributed by atoms with Crippen LogP contribution in [0.25, 0.3) is 0 Å². The lowest BCUT2D eigenvalue weighted by Gasteiger charge is -2.12. The van der Waals surface area contributed by atoms with Crippen LogP contribution in [0.15, 0.2) is 39.8 Å². The highest BCUT2D eigenvalue weighted by molar-refractivity contribution is 7.09. The number of carbonyl (C=O) groups excluding carboxylic acids is 1. The van der Waals surface area contributed by atoms with Crippen molar-refractivity contribution in [1.82, 2.24) is 4.98 Å². The number of carbonyl (C=O) groups is 1. The summed E-state index contributed by atoms with van der Waals surface area (Å²) in [5, 5.41) is 11.0. The first-order valence-electron chi connectivity index (χ1n) is 6.65. The Labute approximate surface area is 126 Å². The molecule has 0 saturated heterocycles. The SMILES string of the molecule is CCN1C(=O)/C(=N/N=C\c2csc(C)n2)c2ccccc21. The Bertz CT molecular complexity index is 748. The number of thiazole rings is 1. The van der Waals surface area contributed by atoms with Crippen LogP contribution in [-0.4, -0.2) is 29.4 Å². The summed E-state index contributed by atoms with van der Waals surface area (Å²) in [7, 11) is 0. The summed E-state index contributed by atoms with van der Waals surface area (Å²) < 4.78 is 0. The quantitative estimate of drug-likeness (QED) is 0.646. The minimum Gasteiger partial charge on any atom is -0.307 e. The van der Waals surface area contributed by atoms with Gasteiger partial charge in [0.2, 0.25) is 0 Å². The first kappa shape index (κ1) is 13.6. The molecule has 0 aliphatic carbocycles. The van der Waals surface area contributed by atoms with E-state index in [0.29, 0.717) is 12.3 Å². The smallest absolute Gasteiger partial charge is 0.279 e. The Hall–Kier alpha value is -2.34. The number of hydrogen-bond donors (Lipinski definition) is 0. The summed E-state index contributed by atoms with van der Waals surface area (Å²) in [5.41, 5.74) is 2.86. The average Bonchev–Trinajstić information content (AvgIpc) is 3.01. The van der Waals surface area contributed by atoms with Gasteiger partial charge in [-0.05, 0) is 19.9 Å². The predicted octanol–water partition coefficient (Wildman–Crippen LogP) is 2.64. The van der Waals surface area contributed by atoms with Crippen LogP contribution in [0.4, 0.5) is 5.69 Å². The molecule has 0 radical (unpaired) electrons. The van der Waals surface area contributed by atoms with E-state index in [1.165, 1.54) is 0 Å². The van der Waals surface area contributed by atoms with E-state index in [1.54, 1.807) is 22.5 Å². The van der Waals surface area contributed by atoms with Crippen molar-refractivity contribution in [1.29, 1.82) is 0 Å². The second kappa shape index (κ2) is 5.57. The fourth-order valence-electron chi connectivity index (χ4n) is 2.26. The van der Waals surface area contributed by atoms with Gasteiger partial charge in [-0.15, -0.1) is 16.4 Å². The standard InChI is InChI=1S/C15H14N4OS/c1-3-19-13-7-5-4-6-12(13)14(15(19)20)18-16-8-11-9-21-10(2)17-11/h4-9H,3H2,1-2H3/b16-8-,18-14+. The third-order valence-electron chi connectivity index (χ3n) is 3.20. The molecule has 1 aliphatic rings. The maximum atomic E-state index is 12.3. The van der Waals surface area contributed by atoms with Gasteiger partial charge in [0.15, 0.2) is 5.71 Å². The van der Waals surface area contributed by atoms with Gasteiger partial charge in [0.25, 0.3) is 5.91 Å². The van der Waals surface area contributed by atoms with Crippen molar-refractivity contribution in [3.05, 3.63) is 45.9 Å². The van der Waals surface area contributed by atoms with Gasteiger partial charge in [-0.1, -0.05) is 18.2 Å². The molecule has 0 fully saturated rings. The van der Waals surface area contributed by atoms with Crippen LogP contribution in [0.3, 0.4) is 0 Å². The highest BCUT2D eigenvalue weighted by Gasteiger charge is 2.32. The van der Waals surface area contributed by atoms with Crippen LogP contribution in [0.2, 0.25) is 0 Å². The molecule has 1 aliphatic heterocycles. The number of hydrogen-bond acceptors (Lipinski definition) is 5. The lowest BCUT2D eigenvalue weighted by Crippen LogP contribution is -2.29. The molecule has 1 aromatic carbocycles. The molecule has 1 aromatic heterocycles. The third kappa shape index (κ3) is 2.50. The number of aromatic nitrogens is 1. The maximum Gasteiger partial charge on any atom is 0.279 e. The Morgan fingerprint density at radius 1 is 1.38 bits per heavy atom. The summed E-state index contributed by atoms with van der Waals surface area (Å²) in [5.74, 6) is -0.106. The number of anilines is 1. The topological polar surface area (TPSA) is 57.9 Å². The zero-order valence-corrected chi connectivity index (χ0v) is 12.6. The molecule has 1 amide bonds. The first-order valence-corrected chi connectivity index (χ1v) is 7.53. The van der Waals surface area contributed by atoms with Crippen molar-refractivity contribution in [2.24, 2.45) is 10.2 Å². The Morgan fingerprint density at radius 2 is 2.19 bits per heavy atom. The first-order chi connectivity index (χ1) is 10.2. The monoisotopic (exact) mass is 298 g/mol.